The summed E-state index contributed by atoms with van der Waals surface area (Å²) < 4.78 is 14.0. The Labute approximate surface area is 166 Å². The van der Waals surface area contributed by atoms with Crippen molar-refractivity contribution in [2.75, 3.05) is 0 Å². The summed E-state index contributed by atoms with van der Waals surface area (Å²) in [4.78, 5) is 11.9. The number of carbonyl (C=O) groups is 1. The lowest BCUT2D eigenvalue weighted by Crippen LogP contribution is -2.42. The van der Waals surface area contributed by atoms with Gasteiger partial charge in [0, 0.05) is 16.7 Å². The fourth-order valence-corrected chi connectivity index (χ4v) is 3.61. The van der Waals surface area contributed by atoms with Crippen LogP contribution in [-0.4, -0.2) is 33.5 Å². The summed E-state index contributed by atoms with van der Waals surface area (Å²) in [6.45, 7) is 5.55. The average Bonchev–Trinajstić information content (AvgIpc) is 2.98. The Balaban J connectivity index is 1.62. The number of nitrogens with one attached hydrogen (secondary N) is 1. The number of pyridine rings is 1. The fourth-order valence-electron chi connectivity index (χ4n) is 3.20. The molecule has 1 amide bonds. The van der Waals surface area contributed by atoms with E-state index >= 15 is 0 Å². The van der Waals surface area contributed by atoms with Gasteiger partial charge in [0.2, 0.25) is 0 Å². The minimum absolute atomic E-state index is 0.0289. The predicted molar refractivity (Wildman–Crippen MR) is 104 cm³/mol. The van der Waals surface area contributed by atoms with E-state index in [4.69, 9.17) is 9.47 Å². The van der Waals surface area contributed by atoms with Gasteiger partial charge in [0.15, 0.2) is 0 Å². The van der Waals surface area contributed by atoms with Gasteiger partial charge in [-0.3, -0.25) is 0 Å². The second kappa shape index (κ2) is 7.77. The maximum absolute atomic E-state index is 11.9. The highest BCUT2D eigenvalue weighted by molar-refractivity contribution is 9.10. The second-order valence-corrected chi connectivity index (χ2v) is 8.64. The molecule has 0 radical (unpaired) electrons. The molecule has 0 aromatic carbocycles. The number of aromatic nitrogens is 2. The number of amides is 1. The second-order valence-electron chi connectivity index (χ2n) is 7.72. The van der Waals surface area contributed by atoms with Crippen LogP contribution in [-0.2, 0) is 4.74 Å². The van der Waals surface area contributed by atoms with E-state index in [1.165, 1.54) is 6.20 Å². The quantitative estimate of drug-likeness (QED) is 0.782. The number of alkyl carbamates (subject to hydrolysis) is 1. The fraction of sp³-hybridized carbons (Fsp3) is 0.526. The van der Waals surface area contributed by atoms with E-state index < -0.39 is 5.60 Å². The summed E-state index contributed by atoms with van der Waals surface area (Å²) in [5.41, 5.74) is 0.660. The Bertz CT molecular complexity index is 873. The molecule has 2 aromatic heterocycles. The predicted octanol–water partition coefficient (Wildman–Crippen LogP) is 4.18. The Hall–Kier alpha value is -2.27. The summed E-state index contributed by atoms with van der Waals surface area (Å²) in [6, 6.07) is 4.11. The molecule has 2 heterocycles. The van der Waals surface area contributed by atoms with Gasteiger partial charge in [-0.2, -0.15) is 10.4 Å². The third-order valence-corrected chi connectivity index (χ3v) is 4.79. The van der Waals surface area contributed by atoms with Crippen LogP contribution in [0.3, 0.4) is 0 Å². The van der Waals surface area contributed by atoms with Gasteiger partial charge in [-0.05, 0) is 68.5 Å². The third kappa shape index (κ3) is 4.92. The molecule has 0 spiro atoms. The highest BCUT2D eigenvalue weighted by Gasteiger charge is 2.26. The number of fused-ring (bicyclic) bond motifs is 1. The molecule has 144 valence electrons. The van der Waals surface area contributed by atoms with Crippen molar-refractivity contribution in [3.05, 3.63) is 28.5 Å². The molecule has 3 rings (SSSR count). The van der Waals surface area contributed by atoms with Crippen LogP contribution < -0.4 is 10.1 Å². The van der Waals surface area contributed by atoms with Crippen LogP contribution in [0.1, 0.15) is 52.0 Å². The molecule has 1 aliphatic carbocycles. The summed E-state index contributed by atoms with van der Waals surface area (Å²) in [5, 5.41) is 16.4. The van der Waals surface area contributed by atoms with E-state index in [1.54, 1.807) is 10.7 Å². The van der Waals surface area contributed by atoms with Gasteiger partial charge >= 0.3 is 6.09 Å². The van der Waals surface area contributed by atoms with Gasteiger partial charge < -0.3 is 14.8 Å². The maximum atomic E-state index is 11.9. The van der Waals surface area contributed by atoms with Gasteiger partial charge in [0.25, 0.3) is 0 Å². The molecule has 1 aliphatic rings. The number of ether oxygens (including phenoxy) is 2. The van der Waals surface area contributed by atoms with E-state index in [2.05, 4.69) is 32.4 Å². The minimum atomic E-state index is -0.500. The van der Waals surface area contributed by atoms with Crippen LogP contribution in [0.25, 0.3) is 5.52 Å². The van der Waals surface area contributed by atoms with E-state index in [1.807, 2.05) is 26.8 Å². The number of hydrogen-bond donors (Lipinski definition) is 1. The summed E-state index contributed by atoms with van der Waals surface area (Å²) in [5.74, 6) is 0.641. The van der Waals surface area contributed by atoms with Gasteiger partial charge in [-0.1, -0.05) is 0 Å². The Morgan fingerprint density at radius 1 is 1.37 bits per heavy atom. The molecule has 1 fully saturated rings. The summed E-state index contributed by atoms with van der Waals surface area (Å²) in [7, 11) is 0. The van der Waals surface area contributed by atoms with Crippen LogP contribution in [0.2, 0.25) is 0 Å². The summed E-state index contributed by atoms with van der Waals surface area (Å²) in [6.07, 6.45) is 6.25. The number of nitrogens with zero attached hydrogens (tertiary/aromatic N) is 3. The standard InChI is InChI=1S/C19H23BrN4O3/c1-19(2,3)27-18(25)23-14-4-6-15(7-5-14)26-16-8-13(20)11-24-17(16)12(9-21)10-22-24/h8,10-11,14-15H,4-7H2,1-3H3,(H,23,25)/t14-,15+. The van der Waals surface area contributed by atoms with Crippen LogP contribution in [0.5, 0.6) is 5.75 Å². The van der Waals surface area contributed by atoms with Crippen LogP contribution in [0.4, 0.5) is 4.79 Å². The van der Waals surface area contributed by atoms with Crippen molar-refractivity contribution >= 4 is 27.5 Å². The first kappa shape index (κ1) is 19.5. The van der Waals surface area contributed by atoms with Crippen molar-refractivity contribution < 1.29 is 14.3 Å². The van der Waals surface area contributed by atoms with E-state index in [-0.39, 0.29) is 18.2 Å². The zero-order valence-electron chi connectivity index (χ0n) is 15.7. The van der Waals surface area contributed by atoms with E-state index in [9.17, 15) is 10.1 Å². The average molecular weight is 435 g/mol. The van der Waals surface area contributed by atoms with E-state index in [0.29, 0.717) is 16.8 Å². The number of nitriles is 1. The molecule has 7 nitrogen and oxygen atoms in total. The smallest absolute Gasteiger partial charge is 0.407 e. The Morgan fingerprint density at radius 2 is 2.07 bits per heavy atom. The van der Waals surface area contributed by atoms with Crippen LogP contribution in [0.15, 0.2) is 22.9 Å². The van der Waals surface area contributed by atoms with Crippen LogP contribution in [0, 0.1) is 11.3 Å². The molecule has 27 heavy (non-hydrogen) atoms. The molecular weight excluding hydrogens is 412 g/mol. The van der Waals surface area contributed by atoms with Crippen LogP contribution >= 0.6 is 15.9 Å². The Kier molecular flexibility index (Phi) is 5.61. The highest BCUT2D eigenvalue weighted by atomic mass is 79.9. The van der Waals surface area contributed by atoms with Gasteiger partial charge in [0.05, 0.1) is 12.3 Å². The lowest BCUT2D eigenvalue weighted by molar-refractivity contribution is 0.0471. The molecule has 0 atom stereocenters. The van der Waals surface area contributed by atoms with Crippen molar-refractivity contribution in [3.63, 3.8) is 0 Å². The largest absolute Gasteiger partial charge is 0.488 e. The lowest BCUT2D eigenvalue weighted by Gasteiger charge is -2.30. The molecule has 1 N–H and O–H groups in total. The highest BCUT2D eigenvalue weighted by Crippen LogP contribution is 2.31. The molecule has 2 aromatic rings. The van der Waals surface area contributed by atoms with Crippen molar-refractivity contribution in [1.82, 2.24) is 14.9 Å². The Morgan fingerprint density at radius 3 is 2.70 bits per heavy atom. The molecule has 0 unspecified atom stereocenters. The first-order valence-electron chi connectivity index (χ1n) is 8.98. The first-order chi connectivity index (χ1) is 12.7. The molecule has 0 bridgehead atoms. The van der Waals surface area contributed by atoms with Gasteiger partial charge in [-0.15, -0.1) is 0 Å². The van der Waals surface area contributed by atoms with Crippen molar-refractivity contribution in [2.24, 2.45) is 0 Å². The molecule has 0 saturated heterocycles. The number of halogens is 1. The van der Waals surface area contributed by atoms with Gasteiger partial charge in [-0.25, -0.2) is 9.31 Å². The maximum Gasteiger partial charge on any atom is 0.407 e. The van der Waals surface area contributed by atoms with E-state index in [0.717, 1.165) is 30.2 Å². The molecular formula is C19H23BrN4O3. The summed E-state index contributed by atoms with van der Waals surface area (Å²) >= 11 is 3.45. The molecule has 0 aliphatic heterocycles. The topological polar surface area (TPSA) is 88.7 Å². The van der Waals surface area contributed by atoms with Crippen molar-refractivity contribution in [2.45, 2.75) is 64.2 Å². The molecule has 1 saturated carbocycles. The molecule has 8 heteroatoms. The lowest BCUT2D eigenvalue weighted by atomic mass is 9.93. The monoisotopic (exact) mass is 434 g/mol. The number of hydrogen-bond acceptors (Lipinski definition) is 5. The SMILES string of the molecule is CC(C)(C)OC(=O)N[C@H]1CC[C@@H](Oc2cc(Br)cn3ncc(C#N)c23)CC1. The number of rotatable bonds is 3. The van der Waals surface area contributed by atoms with Crippen molar-refractivity contribution in [1.29, 1.82) is 5.26 Å². The minimum Gasteiger partial charge on any atom is -0.488 e. The zero-order valence-corrected chi connectivity index (χ0v) is 17.2. The first-order valence-corrected chi connectivity index (χ1v) is 9.77. The third-order valence-electron chi connectivity index (χ3n) is 4.35. The van der Waals surface area contributed by atoms with Gasteiger partial charge in [0.1, 0.15) is 28.5 Å². The number of carbonyl (C=O) groups excluding carboxylic acids is 1. The zero-order chi connectivity index (χ0) is 19.6. The normalized spacial score (nSPS) is 20.1. The van der Waals surface area contributed by atoms with Crippen molar-refractivity contribution in [3.8, 4) is 11.8 Å².